The lowest BCUT2D eigenvalue weighted by atomic mass is 9.99. The standard InChI is InChI=1S/C24H22F3N3O5S.H2O/c1-35-23-15(12-24(25,26)27)10-20(30-8-7-18(31)11-21(30)32)22-19(23)9-16(13-28-22)14-3-5-17(6-4-14)29-36(2,33)34;/h3-6,9-10,13,29H,7-8,11-12H2,1-2H3;1H2. The van der Waals surface area contributed by atoms with E-state index in [2.05, 4.69) is 9.71 Å². The first kappa shape index (κ1) is 27.9. The summed E-state index contributed by atoms with van der Waals surface area (Å²) in [5.41, 5.74) is 1.81. The summed E-state index contributed by atoms with van der Waals surface area (Å²) < 4.78 is 70.9. The van der Waals surface area contributed by atoms with Crippen molar-refractivity contribution < 1.29 is 41.4 Å². The highest BCUT2D eigenvalue weighted by atomic mass is 32.2. The number of halogens is 3. The van der Waals surface area contributed by atoms with Crippen molar-refractivity contribution in [2.24, 2.45) is 0 Å². The number of benzene rings is 2. The molecule has 1 saturated heterocycles. The van der Waals surface area contributed by atoms with Crippen LogP contribution in [0.4, 0.5) is 24.5 Å². The molecule has 2 heterocycles. The molecule has 9 nitrogen and oxygen atoms in total. The van der Waals surface area contributed by atoms with Gasteiger partial charge in [-0.25, -0.2) is 8.42 Å². The monoisotopic (exact) mass is 539 g/mol. The molecule has 1 aliphatic heterocycles. The van der Waals surface area contributed by atoms with E-state index >= 15 is 0 Å². The Morgan fingerprint density at radius 3 is 2.35 bits per heavy atom. The Hall–Kier alpha value is -3.71. The number of alkyl halides is 3. The highest BCUT2D eigenvalue weighted by Gasteiger charge is 2.33. The smallest absolute Gasteiger partial charge is 0.393 e. The summed E-state index contributed by atoms with van der Waals surface area (Å²) in [4.78, 5) is 30.1. The van der Waals surface area contributed by atoms with Gasteiger partial charge in [0.05, 0.1) is 37.4 Å². The average Bonchev–Trinajstić information content (AvgIpc) is 2.77. The first-order valence-corrected chi connectivity index (χ1v) is 12.7. The van der Waals surface area contributed by atoms with Crippen molar-refractivity contribution in [2.75, 3.05) is 29.5 Å². The summed E-state index contributed by atoms with van der Waals surface area (Å²) in [6.07, 6.45) is -3.51. The second-order valence-corrected chi connectivity index (χ2v) is 10.2. The Bertz CT molecular complexity index is 1460. The van der Waals surface area contributed by atoms with E-state index in [9.17, 15) is 31.2 Å². The van der Waals surface area contributed by atoms with Crippen molar-refractivity contribution in [3.05, 3.63) is 48.2 Å². The first-order chi connectivity index (χ1) is 16.8. The SMILES string of the molecule is COc1c(CC(F)(F)F)cc(N2CCC(=O)CC2=O)c2ncc(-c3ccc(NS(C)(=O)=O)cc3)cc12.O. The van der Waals surface area contributed by atoms with Crippen molar-refractivity contribution >= 4 is 44.0 Å². The number of ketones is 1. The van der Waals surface area contributed by atoms with Crippen molar-refractivity contribution in [3.8, 4) is 16.9 Å². The maximum atomic E-state index is 13.4. The molecule has 37 heavy (non-hydrogen) atoms. The number of ether oxygens (including phenoxy) is 1. The number of fused-ring (bicyclic) bond motifs is 1. The van der Waals surface area contributed by atoms with Crippen LogP contribution in [0.1, 0.15) is 18.4 Å². The van der Waals surface area contributed by atoms with Gasteiger partial charge in [-0.3, -0.25) is 19.3 Å². The van der Waals surface area contributed by atoms with Crippen molar-refractivity contribution in [3.63, 3.8) is 0 Å². The zero-order valence-electron chi connectivity index (χ0n) is 19.8. The minimum Gasteiger partial charge on any atom is -0.496 e. The van der Waals surface area contributed by atoms with Gasteiger partial charge in [0.15, 0.2) is 0 Å². The number of rotatable bonds is 6. The van der Waals surface area contributed by atoms with E-state index in [1.165, 1.54) is 24.3 Å². The van der Waals surface area contributed by atoms with Gasteiger partial charge < -0.3 is 15.1 Å². The molecular weight excluding hydrogens is 515 g/mol. The number of hydrogen-bond acceptors (Lipinski definition) is 6. The normalized spacial score (nSPS) is 14.5. The summed E-state index contributed by atoms with van der Waals surface area (Å²) in [6.45, 7) is 0.0444. The average molecular weight is 540 g/mol. The molecule has 3 N–H and O–H groups in total. The molecule has 4 rings (SSSR count). The molecule has 1 aromatic heterocycles. The van der Waals surface area contributed by atoms with Crippen LogP contribution in [0.15, 0.2) is 42.6 Å². The fraction of sp³-hybridized carbons (Fsp3) is 0.292. The van der Waals surface area contributed by atoms with Gasteiger partial charge in [0.1, 0.15) is 11.5 Å². The summed E-state index contributed by atoms with van der Waals surface area (Å²) in [6, 6.07) is 9.25. The fourth-order valence-corrected chi connectivity index (χ4v) is 4.74. The van der Waals surface area contributed by atoms with Crippen LogP contribution in [-0.2, 0) is 26.0 Å². The van der Waals surface area contributed by atoms with Crippen LogP contribution in [-0.4, -0.2) is 56.7 Å². The molecule has 0 radical (unpaired) electrons. The highest BCUT2D eigenvalue weighted by Crippen LogP contribution is 2.41. The molecule has 0 aliphatic carbocycles. The number of sulfonamides is 1. The van der Waals surface area contributed by atoms with Gasteiger partial charge in [0.2, 0.25) is 15.9 Å². The minimum atomic E-state index is -4.53. The number of anilines is 2. The summed E-state index contributed by atoms with van der Waals surface area (Å²) >= 11 is 0. The van der Waals surface area contributed by atoms with E-state index in [0.717, 1.165) is 6.26 Å². The maximum absolute atomic E-state index is 13.4. The molecule has 13 heteroatoms. The van der Waals surface area contributed by atoms with Crippen LogP contribution in [0.25, 0.3) is 22.0 Å². The van der Waals surface area contributed by atoms with E-state index in [4.69, 9.17) is 4.74 Å². The third-order valence-corrected chi connectivity index (χ3v) is 6.26. The van der Waals surface area contributed by atoms with E-state index in [-0.39, 0.29) is 58.5 Å². The van der Waals surface area contributed by atoms with E-state index in [0.29, 0.717) is 16.8 Å². The summed E-state index contributed by atoms with van der Waals surface area (Å²) in [5, 5.41) is 0.273. The second-order valence-electron chi connectivity index (χ2n) is 8.46. The second kappa shape index (κ2) is 10.3. The lowest BCUT2D eigenvalue weighted by molar-refractivity contribution is -0.129. The molecule has 0 atom stereocenters. The van der Waals surface area contributed by atoms with Crippen molar-refractivity contribution in [2.45, 2.75) is 25.4 Å². The number of methoxy groups -OCH3 is 1. The van der Waals surface area contributed by atoms with Gasteiger partial charge in [0.25, 0.3) is 0 Å². The predicted molar refractivity (Wildman–Crippen MR) is 132 cm³/mol. The van der Waals surface area contributed by atoms with E-state index < -0.39 is 28.5 Å². The van der Waals surface area contributed by atoms with Crippen LogP contribution in [0.2, 0.25) is 0 Å². The number of pyridine rings is 1. The predicted octanol–water partition coefficient (Wildman–Crippen LogP) is 3.26. The molecule has 0 bridgehead atoms. The number of piperidine rings is 1. The number of amides is 1. The number of carbonyl (C=O) groups is 2. The Balaban J connectivity index is 0.00000380. The van der Waals surface area contributed by atoms with Gasteiger partial charge in [-0.15, -0.1) is 0 Å². The zero-order chi connectivity index (χ0) is 26.3. The first-order valence-electron chi connectivity index (χ1n) is 10.8. The Morgan fingerprint density at radius 2 is 1.78 bits per heavy atom. The van der Waals surface area contributed by atoms with Crippen LogP contribution >= 0.6 is 0 Å². The van der Waals surface area contributed by atoms with Crippen LogP contribution in [0.5, 0.6) is 5.75 Å². The number of nitrogens with zero attached hydrogens (tertiary/aromatic N) is 2. The van der Waals surface area contributed by atoms with Crippen molar-refractivity contribution in [1.82, 2.24) is 4.98 Å². The van der Waals surface area contributed by atoms with Gasteiger partial charge in [0, 0.05) is 41.4 Å². The lowest BCUT2D eigenvalue weighted by Crippen LogP contribution is -2.39. The van der Waals surface area contributed by atoms with E-state index in [1.807, 2.05) is 0 Å². The maximum Gasteiger partial charge on any atom is 0.393 e. The molecular formula is C24H24F3N3O6S. The molecule has 198 valence electrons. The summed E-state index contributed by atoms with van der Waals surface area (Å²) in [5.74, 6) is -0.750. The number of Topliss-reactive ketones (excluding diaryl/α,β-unsaturated/α-hetero) is 1. The van der Waals surface area contributed by atoms with Crippen LogP contribution < -0.4 is 14.4 Å². The fourth-order valence-electron chi connectivity index (χ4n) is 4.18. The number of nitrogens with one attached hydrogen (secondary N) is 1. The molecule has 0 saturated carbocycles. The van der Waals surface area contributed by atoms with Crippen LogP contribution in [0.3, 0.4) is 0 Å². The van der Waals surface area contributed by atoms with Gasteiger partial charge in [-0.05, 0) is 29.8 Å². The largest absolute Gasteiger partial charge is 0.496 e. The van der Waals surface area contributed by atoms with Gasteiger partial charge in [-0.1, -0.05) is 12.1 Å². The molecule has 3 aromatic rings. The van der Waals surface area contributed by atoms with Crippen molar-refractivity contribution in [1.29, 1.82) is 0 Å². The Morgan fingerprint density at radius 1 is 1.11 bits per heavy atom. The van der Waals surface area contributed by atoms with Gasteiger partial charge in [-0.2, -0.15) is 13.2 Å². The zero-order valence-corrected chi connectivity index (χ0v) is 20.7. The Labute approximate surface area is 210 Å². The quantitative estimate of drug-likeness (QED) is 0.478. The number of aromatic nitrogens is 1. The lowest BCUT2D eigenvalue weighted by Gasteiger charge is -2.28. The highest BCUT2D eigenvalue weighted by molar-refractivity contribution is 7.92. The molecule has 1 fully saturated rings. The van der Waals surface area contributed by atoms with Gasteiger partial charge >= 0.3 is 6.18 Å². The number of hydrogen-bond donors (Lipinski definition) is 1. The van der Waals surface area contributed by atoms with E-state index in [1.54, 1.807) is 30.3 Å². The third-order valence-electron chi connectivity index (χ3n) is 5.65. The molecule has 0 unspecified atom stereocenters. The molecule has 2 aromatic carbocycles. The molecule has 1 amide bonds. The molecule has 0 spiro atoms. The molecule has 1 aliphatic rings. The Kier molecular flexibility index (Phi) is 7.79. The van der Waals surface area contributed by atoms with Crippen LogP contribution in [0, 0.1) is 0 Å². The minimum absolute atomic E-state index is 0. The topological polar surface area (TPSA) is 137 Å². The summed E-state index contributed by atoms with van der Waals surface area (Å²) in [7, 11) is -2.20. The number of carbonyl (C=O) groups excluding carboxylic acids is 2. The third kappa shape index (κ3) is 6.35.